The van der Waals surface area contributed by atoms with Crippen LogP contribution < -0.4 is 9.47 Å². The van der Waals surface area contributed by atoms with Gasteiger partial charge in [-0.1, -0.05) is 12.1 Å². The van der Waals surface area contributed by atoms with Crippen LogP contribution in [-0.4, -0.2) is 52.7 Å². The number of methoxy groups -OCH3 is 2. The van der Waals surface area contributed by atoms with E-state index in [0.29, 0.717) is 30.3 Å². The van der Waals surface area contributed by atoms with E-state index in [4.69, 9.17) is 14.9 Å². The minimum Gasteiger partial charge on any atom is -0.510 e. The fourth-order valence-electron chi connectivity index (χ4n) is 3.65. The molecule has 1 aliphatic heterocycles. The van der Waals surface area contributed by atoms with Gasteiger partial charge < -0.3 is 24.0 Å². The summed E-state index contributed by atoms with van der Waals surface area (Å²) < 4.78 is 12.4. The predicted octanol–water partition coefficient (Wildman–Crippen LogP) is 3.40. The number of benzene rings is 2. The van der Waals surface area contributed by atoms with Crippen LogP contribution in [0.15, 0.2) is 48.2 Å². The summed E-state index contributed by atoms with van der Waals surface area (Å²) in [6, 6.07) is 13.6. The van der Waals surface area contributed by atoms with Crippen LogP contribution in [0.25, 0.3) is 16.6 Å². The number of rotatable bonds is 6. The van der Waals surface area contributed by atoms with Gasteiger partial charge in [0.25, 0.3) is 0 Å². The third-order valence-electron chi connectivity index (χ3n) is 5.32. The number of nitrogens with zero attached hydrogens (tertiary/aromatic N) is 3. The maximum absolute atomic E-state index is 10.6. The second kappa shape index (κ2) is 7.50. The van der Waals surface area contributed by atoms with Crippen LogP contribution >= 0.6 is 0 Å². The molecule has 0 unspecified atom stereocenters. The lowest BCUT2D eigenvalue weighted by Gasteiger charge is -2.18. The van der Waals surface area contributed by atoms with Gasteiger partial charge in [-0.3, -0.25) is 5.41 Å². The third kappa shape index (κ3) is 3.40. The molecule has 150 valence electrons. The Hall–Kier alpha value is -3.48. The molecule has 4 rings (SSSR count). The van der Waals surface area contributed by atoms with Crippen LogP contribution in [-0.2, 0) is 13.5 Å². The van der Waals surface area contributed by atoms with Gasteiger partial charge in [0.2, 0.25) is 0 Å². The van der Waals surface area contributed by atoms with E-state index in [1.807, 2.05) is 59.0 Å². The third-order valence-corrected chi connectivity index (χ3v) is 5.32. The Balaban J connectivity index is 1.54. The van der Waals surface area contributed by atoms with E-state index >= 15 is 0 Å². The molecular formula is C22H24N4O3. The van der Waals surface area contributed by atoms with E-state index in [1.54, 1.807) is 14.2 Å². The highest BCUT2D eigenvalue weighted by Gasteiger charge is 2.31. The molecule has 2 aromatic carbocycles. The Morgan fingerprint density at radius 2 is 1.76 bits per heavy atom. The zero-order valence-corrected chi connectivity index (χ0v) is 16.8. The van der Waals surface area contributed by atoms with E-state index in [2.05, 4.69) is 4.98 Å². The summed E-state index contributed by atoms with van der Waals surface area (Å²) in [4.78, 5) is 6.53. The second-order valence-corrected chi connectivity index (χ2v) is 7.04. The normalized spacial score (nSPS) is 14.2. The van der Waals surface area contributed by atoms with Crippen LogP contribution in [0.4, 0.5) is 0 Å². The molecule has 7 nitrogen and oxygen atoms in total. The fourth-order valence-corrected chi connectivity index (χ4v) is 3.65. The Bertz CT molecular complexity index is 1100. The van der Waals surface area contributed by atoms with Crippen molar-refractivity contribution < 1.29 is 14.6 Å². The smallest absolute Gasteiger partial charge is 0.148 e. The maximum Gasteiger partial charge on any atom is 0.148 e. The first kappa shape index (κ1) is 18.9. The van der Waals surface area contributed by atoms with Crippen LogP contribution in [0.3, 0.4) is 0 Å². The van der Waals surface area contributed by atoms with Crippen LogP contribution in [0, 0.1) is 5.41 Å². The van der Waals surface area contributed by atoms with Gasteiger partial charge >= 0.3 is 0 Å². The number of aryl methyl sites for hydroxylation is 1. The number of amidine groups is 1. The molecule has 0 saturated heterocycles. The van der Waals surface area contributed by atoms with Crippen LogP contribution in [0.1, 0.15) is 11.4 Å². The van der Waals surface area contributed by atoms with E-state index < -0.39 is 0 Å². The van der Waals surface area contributed by atoms with Crippen molar-refractivity contribution in [3.63, 3.8) is 0 Å². The number of hydrogen-bond acceptors (Lipinski definition) is 5. The van der Waals surface area contributed by atoms with Crippen molar-refractivity contribution in [1.29, 1.82) is 5.41 Å². The molecule has 1 aromatic heterocycles. The van der Waals surface area contributed by atoms with Gasteiger partial charge in [0, 0.05) is 19.7 Å². The number of imidazole rings is 1. The number of aliphatic hydroxyl groups is 1. The summed E-state index contributed by atoms with van der Waals surface area (Å²) in [7, 11) is 5.16. The van der Waals surface area contributed by atoms with Gasteiger partial charge in [-0.25, -0.2) is 4.98 Å². The predicted molar refractivity (Wildman–Crippen MR) is 113 cm³/mol. The fraction of sp³-hybridized carbons (Fsp3) is 0.273. The SMILES string of the molecule is COc1ccc(CCN2CC(O)=C(c3nc4cc(OC)ccc4n3C)C2=N)cc1. The summed E-state index contributed by atoms with van der Waals surface area (Å²) in [5.41, 5.74) is 3.33. The molecule has 0 aliphatic carbocycles. The first-order valence-electron chi connectivity index (χ1n) is 9.41. The molecule has 1 aliphatic rings. The van der Waals surface area contributed by atoms with Gasteiger partial charge in [-0.2, -0.15) is 0 Å². The van der Waals surface area contributed by atoms with Gasteiger partial charge in [0.05, 0.1) is 37.4 Å². The Kier molecular flexibility index (Phi) is 4.88. The molecule has 7 heteroatoms. The van der Waals surface area contributed by atoms with Crippen molar-refractivity contribution in [2.45, 2.75) is 6.42 Å². The summed E-state index contributed by atoms with van der Waals surface area (Å²) in [5, 5.41) is 19.2. The van der Waals surface area contributed by atoms with Crippen molar-refractivity contribution in [2.24, 2.45) is 7.05 Å². The molecule has 2 N–H and O–H groups in total. The standard InChI is InChI=1S/C22H24N4O3/c1-25-18-9-8-16(29-3)12-17(18)24-22(25)20-19(27)13-26(21(20)23)11-10-14-4-6-15(28-2)7-5-14/h4-9,12,23,27H,10-11,13H2,1-3H3. The molecule has 3 aromatic rings. The number of fused-ring (bicyclic) bond motifs is 1. The number of aromatic nitrogens is 2. The van der Waals surface area contributed by atoms with Gasteiger partial charge in [-0.05, 0) is 36.2 Å². The van der Waals surface area contributed by atoms with Crippen molar-refractivity contribution in [2.75, 3.05) is 27.3 Å². The highest BCUT2D eigenvalue weighted by molar-refractivity contribution is 6.23. The lowest BCUT2D eigenvalue weighted by molar-refractivity contribution is 0.351. The Morgan fingerprint density at radius 3 is 2.45 bits per heavy atom. The number of hydrogen-bond donors (Lipinski definition) is 2. The largest absolute Gasteiger partial charge is 0.510 e. The molecule has 0 bridgehead atoms. The van der Waals surface area contributed by atoms with Crippen LogP contribution in [0.5, 0.6) is 11.5 Å². The van der Waals surface area contributed by atoms with Crippen molar-refractivity contribution in [3.05, 3.63) is 59.6 Å². The molecule has 0 fully saturated rings. The Morgan fingerprint density at radius 1 is 1.07 bits per heavy atom. The van der Waals surface area contributed by atoms with Crippen molar-refractivity contribution >= 4 is 22.4 Å². The quantitative estimate of drug-likeness (QED) is 0.672. The zero-order chi connectivity index (χ0) is 20.5. The molecule has 0 spiro atoms. The van der Waals surface area contributed by atoms with Crippen molar-refractivity contribution in [3.8, 4) is 11.5 Å². The molecule has 0 atom stereocenters. The number of ether oxygens (including phenoxy) is 2. The van der Waals surface area contributed by atoms with E-state index in [0.717, 1.165) is 34.5 Å². The first-order valence-corrected chi connectivity index (χ1v) is 9.41. The molecule has 2 heterocycles. The summed E-state index contributed by atoms with van der Waals surface area (Å²) in [6.07, 6.45) is 0.771. The molecule has 0 radical (unpaired) electrons. The number of aliphatic hydroxyl groups excluding tert-OH is 1. The monoisotopic (exact) mass is 392 g/mol. The van der Waals surface area contributed by atoms with Crippen molar-refractivity contribution in [1.82, 2.24) is 14.5 Å². The average molecular weight is 392 g/mol. The molecule has 0 amide bonds. The maximum atomic E-state index is 10.6. The highest BCUT2D eigenvalue weighted by atomic mass is 16.5. The summed E-state index contributed by atoms with van der Waals surface area (Å²) >= 11 is 0. The highest BCUT2D eigenvalue weighted by Crippen LogP contribution is 2.30. The molecule has 0 saturated carbocycles. The summed E-state index contributed by atoms with van der Waals surface area (Å²) in [5.74, 6) is 2.60. The van der Waals surface area contributed by atoms with E-state index in [1.165, 1.54) is 0 Å². The Labute approximate surface area is 169 Å². The van der Waals surface area contributed by atoms with Gasteiger partial charge in [0.15, 0.2) is 0 Å². The summed E-state index contributed by atoms with van der Waals surface area (Å²) in [6.45, 7) is 0.952. The molecular weight excluding hydrogens is 368 g/mol. The average Bonchev–Trinajstić information content (AvgIpc) is 3.21. The lowest BCUT2D eigenvalue weighted by Crippen LogP contribution is -2.29. The van der Waals surface area contributed by atoms with Crippen LogP contribution in [0.2, 0.25) is 0 Å². The van der Waals surface area contributed by atoms with Gasteiger partial charge in [-0.15, -0.1) is 0 Å². The second-order valence-electron chi connectivity index (χ2n) is 7.04. The van der Waals surface area contributed by atoms with E-state index in [-0.39, 0.29) is 5.76 Å². The zero-order valence-electron chi connectivity index (χ0n) is 16.8. The minimum atomic E-state index is 0.176. The number of nitrogens with one attached hydrogen (secondary N) is 1. The first-order chi connectivity index (χ1) is 14.0. The topological polar surface area (TPSA) is 83.6 Å². The minimum absolute atomic E-state index is 0.176. The van der Waals surface area contributed by atoms with E-state index in [9.17, 15) is 5.11 Å². The molecule has 29 heavy (non-hydrogen) atoms. The van der Waals surface area contributed by atoms with Gasteiger partial charge in [0.1, 0.15) is 28.9 Å². The lowest BCUT2D eigenvalue weighted by atomic mass is 10.1.